The molecule has 1 amide bonds. The van der Waals surface area contributed by atoms with E-state index in [0.29, 0.717) is 33.4 Å². The molecule has 1 aliphatic heterocycles. The molecule has 1 heterocycles. The molecule has 3 aromatic carbocycles. The number of carbonyl (C=O) groups is 2. The lowest BCUT2D eigenvalue weighted by atomic mass is 9.93. The van der Waals surface area contributed by atoms with E-state index in [4.69, 9.17) is 21.7 Å². The molecule has 0 saturated carbocycles. The Morgan fingerprint density at radius 3 is 2.26 bits per heavy atom. The first-order chi connectivity index (χ1) is 16.9. The Morgan fingerprint density at radius 1 is 0.943 bits per heavy atom. The highest BCUT2D eigenvalue weighted by Crippen LogP contribution is 2.35. The molecule has 1 aliphatic rings. The Kier molecular flexibility index (Phi) is 7.12. The van der Waals surface area contributed by atoms with Gasteiger partial charge in [-0.25, -0.2) is 4.79 Å². The Balaban J connectivity index is 1.79. The molecular formula is C27H25N3O4S. The normalized spacial score (nSPS) is 15.3. The molecule has 4 rings (SSSR count). The van der Waals surface area contributed by atoms with Crippen molar-refractivity contribution < 1.29 is 19.1 Å². The van der Waals surface area contributed by atoms with Crippen molar-refractivity contribution in [2.75, 3.05) is 24.4 Å². The van der Waals surface area contributed by atoms with Crippen LogP contribution < -0.4 is 20.3 Å². The largest absolute Gasteiger partial charge is 0.495 e. The summed E-state index contributed by atoms with van der Waals surface area (Å²) in [5.41, 5.74) is 3.76. The number of anilines is 2. The zero-order valence-electron chi connectivity index (χ0n) is 19.6. The zero-order chi connectivity index (χ0) is 24.9. The Labute approximate surface area is 209 Å². The summed E-state index contributed by atoms with van der Waals surface area (Å²) >= 11 is 5.71. The zero-order valence-corrected chi connectivity index (χ0v) is 20.4. The molecule has 35 heavy (non-hydrogen) atoms. The van der Waals surface area contributed by atoms with Crippen LogP contribution in [-0.4, -0.2) is 31.2 Å². The minimum atomic E-state index is -0.538. The fourth-order valence-electron chi connectivity index (χ4n) is 4.04. The first-order valence-corrected chi connectivity index (χ1v) is 11.3. The molecule has 0 aliphatic carbocycles. The quantitative estimate of drug-likeness (QED) is 0.381. The van der Waals surface area contributed by atoms with Crippen molar-refractivity contribution in [3.05, 3.63) is 101 Å². The molecule has 8 heteroatoms. The average Bonchev–Trinajstić information content (AvgIpc) is 2.88. The number of amides is 1. The van der Waals surface area contributed by atoms with Crippen molar-refractivity contribution in [2.24, 2.45) is 0 Å². The van der Waals surface area contributed by atoms with Crippen LogP contribution in [-0.2, 0) is 9.53 Å². The molecule has 0 unspecified atom stereocenters. The molecule has 2 N–H and O–H groups in total. The van der Waals surface area contributed by atoms with Gasteiger partial charge in [0, 0.05) is 11.4 Å². The number of carbonyl (C=O) groups excluding carboxylic acids is 2. The minimum absolute atomic E-state index is 0.301. The number of thiocarbonyl (C=S) groups is 1. The lowest BCUT2D eigenvalue weighted by molar-refractivity contribution is -0.113. The number of hydrogen-bond donors (Lipinski definition) is 2. The van der Waals surface area contributed by atoms with E-state index in [0.717, 1.165) is 11.3 Å². The summed E-state index contributed by atoms with van der Waals surface area (Å²) < 4.78 is 10.2. The van der Waals surface area contributed by atoms with Gasteiger partial charge in [-0.3, -0.25) is 9.69 Å². The number of nitrogens with one attached hydrogen (secondary N) is 2. The lowest BCUT2D eigenvalue weighted by Crippen LogP contribution is -2.48. The molecule has 178 valence electrons. The van der Waals surface area contributed by atoms with Gasteiger partial charge in [-0.15, -0.1) is 0 Å². The van der Waals surface area contributed by atoms with Crippen molar-refractivity contribution in [2.45, 2.75) is 13.0 Å². The Hall–Kier alpha value is -4.17. The molecule has 0 bridgehead atoms. The average molecular weight is 488 g/mol. The Bertz CT molecular complexity index is 1290. The number of nitrogens with zero attached hydrogens (tertiary/aromatic N) is 1. The maximum atomic E-state index is 13.7. The first kappa shape index (κ1) is 24.0. The van der Waals surface area contributed by atoms with Crippen molar-refractivity contribution in [3.8, 4) is 5.75 Å². The van der Waals surface area contributed by atoms with Crippen LogP contribution >= 0.6 is 12.2 Å². The van der Waals surface area contributed by atoms with Gasteiger partial charge >= 0.3 is 5.97 Å². The van der Waals surface area contributed by atoms with Crippen LogP contribution in [0.5, 0.6) is 5.75 Å². The van der Waals surface area contributed by atoms with Crippen LogP contribution in [0.2, 0.25) is 0 Å². The van der Waals surface area contributed by atoms with E-state index >= 15 is 0 Å². The summed E-state index contributed by atoms with van der Waals surface area (Å²) in [7, 11) is 2.89. The van der Waals surface area contributed by atoms with E-state index in [1.165, 1.54) is 7.11 Å². The number of hydrogen-bond acceptors (Lipinski definition) is 5. The molecule has 0 radical (unpaired) electrons. The lowest BCUT2D eigenvalue weighted by Gasteiger charge is -2.38. The third kappa shape index (κ3) is 4.88. The maximum absolute atomic E-state index is 13.7. The number of benzene rings is 3. The topological polar surface area (TPSA) is 79.9 Å². The molecule has 0 aromatic heterocycles. The monoisotopic (exact) mass is 487 g/mol. The second kappa shape index (κ2) is 10.4. The third-order valence-electron chi connectivity index (χ3n) is 5.76. The highest BCUT2D eigenvalue weighted by atomic mass is 32.1. The second-order valence-electron chi connectivity index (χ2n) is 7.82. The van der Waals surface area contributed by atoms with Crippen LogP contribution in [0.3, 0.4) is 0 Å². The van der Waals surface area contributed by atoms with Gasteiger partial charge < -0.3 is 20.1 Å². The maximum Gasteiger partial charge on any atom is 0.337 e. The number of rotatable bonds is 6. The van der Waals surface area contributed by atoms with Crippen molar-refractivity contribution in [3.63, 3.8) is 0 Å². The molecule has 0 fully saturated rings. The van der Waals surface area contributed by atoms with Gasteiger partial charge in [0.25, 0.3) is 5.91 Å². The van der Waals surface area contributed by atoms with Crippen LogP contribution in [0.1, 0.15) is 28.9 Å². The number of para-hydroxylation sites is 3. The van der Waals surface area contributed by atoms with Crippen molar-refractivity contribution in [1.29, 1.82) is 0 Å². The summed E-state index contributed by atoms with van der Waals surface area (Å²) in [6.45, 7) is 1.87. The van der Waals surface area contributed by atoms with E-state index < -0.39 is 12.0 Å². The molecule has 3 aromatic rings. The van der Waals surface area contributed by atoms with Gasteiger partial charge in [0.15, 0.2) is 5.11 Å². The van der Waals surface area contributed by atoms with Gasteiger partial charge in [0.1, 0.15) is 5.75 Å². The summed E-state index contributed by atoms with van der Waals surface area (Å²) in [6, 6.07) is 23.2. The first-order valence-electron chi connectivity index (χ1n) is 10.9. The van der Waals surface area contributed by atoms with E-state index in [-0.39, 0.29) is 5.91 Å². The molecule has 7 nitrogen and oxygen atoms in total. The molecule has 1 atom stereocenters. The number of esters is 1. The van der Waals surface area contributed by atoms with E-state index in [1.807, 2.05) is 54.3 Å². The van der Waals surface area contributed by atoms with E-state index in [9.17, 15) is 9.59 Å². The Morgan fingerprint density at radius 2 is 1.60 bits per heavy atom. The predicted octanol–water partition coefficient (Wildman–Crippen LogP) is 4.83. The van der Waals surface area contributed by atoms with E-state index in [2.05, 4.69) is 10.6 Å². The highest BCUT2D eigenvalue weighted by Gasteiger charge is 2.35. The van der Waals surface area contributed by atoms with Crippen LogP contribution in [0.25, 0.3) is 0 Å². The third-order valence-corrected chi connectivity index (χ3v) is 6.06. The SMILES string of the molecule is COC(=O)c1ccc([C@H]2NC(=S)N(c3ccccc3)C(C)=C2C(=O)Nc2ccccc2OC)cc1. The van der Waals surface area contributed by atoms with Gasteiger partial charge in [0.05, 0.1) is 37.1 Å². The van der Waals surface area contributed by atoms with E-state index in [1.54, 1.807) is 43.5 Å². The summed E-state index contributed by atoms with van der Waals surface area (Å²) in [6.07, 6.45) is 0. The van der Waals surface area contributed by atoms with Crippen LogP contribution in [0.4, 0.5) is 11.4 Å². The summed E-state index contributed by atoms with van der Waals surface area (Å²) in [5.74, 6) is -0.179. The number of methoxy groups -OCH3 is 2. The second-order valence-corrected chi connectivity index (χ2v) is 8.21. The van der Waals surface area contributed by atoms with Gasteiger partial charge in [-0.1, -0.05) is 42.5 Å². The minimum Gasteiger partial charge on any atom is -0.495 e. The van der Waals surface area contributed by atoms with Gasteiger partial charge in [-0.2, -0.15) is 0 Å². The van der Waals surface area contributed by atoms with Crippen LogP contribution in [0.15, 0.2) is 90.1 Å². The molecule has 0 spiro atoms. The predicted molar refractivity (Wildman–Crippen MR) is 140 cm³/mol. The van der Waals surface area contributed by atoms with Gasteiger partial charge in [-0.05, 0) is 61.1 Å². The van der Waals surface area contributed by atoms with Gasteiger partial charge in [0.2, 0.25) is 0 Å². The summed E-state index contributed by atoms with van der Waals surface area (Å²) in [4.78, 5) is 27.5. The van der Waals surface area contributed by atoms with Crippen LogP contribution in [0, 0.1) is 0 Å². The number of ether oxygens (including phenoxy) is 2. The fourth-order valence-corrected chi connectivity index (χ4v) is 4.40. The molecular weight excluding hydrogens is 462 g/mol. The highest BCUT2D eigenvalue weighted by molar-refractivity contribution is 7.80. The smallest absolute Gasteiger partial charge is 0.337 e. The molecule has 0 saturated heterocycles. The van der Waals surface area contributed by atoms with Crippen molar-refractivity contribution >= 4 is 40.6 Å². The summed E-state index contributed by atoms with van der Waals surface area (Å²) in [5, 5.41) is 6.75. The standard InChI is InChI=1S/C27H25N3O4S/c1-17-23(25(31)28-21-11-7-8-12-22(21)33-2)24(18-13-15-19(16-14-18)26(32)34-3)29-27(35)30(17)20-9-5-4-6-10-20/h4-16,24H,1-3H3,(H,28,31)(H,29,35)/t24-/m1/s1. The fraction of sp³-hybridized carbons (Fsp3) is 0.148. The van der Waals surface area contributed by atoms with Crippen molar-refractivity contribution in [1.82, 2.24) is 5.32 Å². The number of allylic oxidation sites excluding steroid dienone is 1.